The van der Waals surface area contributed by atoms with Gasteiger partial charge in [0.1, 0.15) is 0 Å². The van der Waals surface area contributed by atoms with Crippen LogP contribution in [-0.2, 0) is 4.79 Å². The van der Waals surface area contributed by atoms with Crippen LogP contribution in [0.2, 0.25) is 0 Å². The highest BCUT2D eigenvalue weighted by Crippen LogP contribution is 2.18. The Morgan fingerprint density at radius 1 is 1.29 bits per heavy atom. The second-order valence-corrected chi connectivity index (χ2v) is 6.55. The van der Waals surface area contributed by atoms with Crippen molar-refractivity contribution in [2.75, 3.05) is 13.2 Å². The first kappa shape index (κ1) is 16.4. The Balaban J connectivity index is 3.99. The number of carbonyl (C=O) groups excluding carboxylic acids is 1. The number of rotatable bonds is 7. The van der Waals surface area contributed by atoms with Crippen LogP contribution in [0.1, 0.15) is 53.9 Å². The molecule has 3 heteroatoms. The molecule has 0 rings (SSSR count). The van der Waals surface area contributed by atoms with E-state index in [1.165, 1.54) is 0 Å². The van der Waals surface area contributed by atoms with Gasteiger partial charge < -0.3 is 10.4 Å². The molecule has 0 spiro atoms. The molecule has 0 fully saturated rings. The molecule has 102 valence electrons. The van der Waals surface area contributed by atoms with E-state index in [1.807, 2.05) is 0 Å². The summed E-state index contributed by atoms with van der Waals surface area (Å²) in [4.78, 5) is 11.7. The summed E-state index contributed by atoms with van der Waals surface area (Å²) in [6.45, 7) is 11.4. The molecule has 0 aromatic carbocycles. The van der Waals surface area contributed by atoms with E-state index in [9.17, 15) is 4.79 Å². The van der Waals surface area contributed by atoms with E-state index < -0.39 is 0 Å². The number of nitrogens with one attached hydrogen (secondary N) is 1. The van der Waals surface area contributed by atoms with Crippen LogP contribution in [0.15, 0.2) is 0 Å². The molecular weight excluding hydrogens is 214 g/mol. The van der Waals surface area contributed by atoms with Gasteiger partial charge in [0.05, 0.1) is 0 Å². The zero-order valence-electron chi connectivity index (χ0n) is 12.0. The van der Waals surface area contributed by atoms with Crippen molar-refractivity contribution in [2.24, 2.45) is 17.3 Å². The standard InChI is InChI=1S/C14H29NO2/c1-11(2)8-12(6-7-16)10-15-13(17)9-14(3,4)5/h11-12,16H,6-10H2,1-5H3,(H,15,17). The third-order valence-corrected chi connectivity index (χ3v) is 2.62. The van der Waals surface area contributed by atoms with Crippen molar-refractivity contribution in [3.05, 3.63) is 0 Å². The molecule has 1 atom stereocenters. The summed E-state index contributed by atoms with van der Waals surface area (Å²) < 4.78 is 0. The predicted molar refractivity (Wildman–Crippen MR) is 71.7 cm³/mol. The van der Waals surface area contributed by atoms with Crippen LogP contribution in [0, 0.1) is 17.3 Å². The lowest BCUT2D eigenvalue weighted by atomic mass is 9.91. The van der Waals surface area contributed by atoms with Crippen molar-refractivity contribution in [1.82, 2.24) is 5.32 Å². The van der Waals surface area contributed by atoms with Crippen molar-refractivity contribution in [3.63, 3.8) is 0 Å². The van der Waals surface area contributed by atoms with Crippen molar-refractivity contribution in [2.45, 2.75) is 53.9 Å². The summed E-state index contributed by atoms with van der Waals surface area (Å²) in [6.07, 6.45) is 2.38. The number of aliphatic hydroxyl groups excluding tert-OH is 1. The fourth-order valence-corrected chi connectivity index (χ4v) is 1.95. The van der Waals surface area contributed by atoms with Crippen molar-refractivity contribution in [3.8, 4) is 0 Å². The molecule has 0 bridgehead atoms. The quantitative estimate of drug-likeness (QED) is 0.722. The Hall–Kier alpha value is -0.570. The van der Waals surface area contributed by atoms with E-state index in [0.717, 1.165) is 12.8 Å². The summed E-state index contributed by atoms with van der Waals surface area (Å²) in [7, 11) is 0. The minimum atomic E-state index is 0.0363. The second kappa shape index (κ2) is 7.70. The van der Waals surface area contributed by atoms with Crippen molar-refractivity contribution < 1.29 is 9.90 Å². The maximum absolute atomic E-state index is 11.7. The summed E-state index contributed by atoms with van der Waals surface area (Å²) in [5.41, 5.74) is 0.0363. The maximum Gasteiger partial charge on any atom is 0.220 e. The molecule has 0 aliphatic carbocycles. The van der Waals surface area contributed by atoms with Gasteiger partial charge in [0.15, 0.2) is 0 Å². The average molecular weight is 243 g/mol. The number of amides is 1. The molecule has 0 aromatic heterocycles. The molecule has 0 saturated heterocycles. The average Bonchev–Trinajstić information content (AvgIpc) is 2.11. The van der Waals surface area contributed by atoms with Crippen LogP contribution in [-0.4, -0.2) is 24.2 Å². The SMILES string of the molecule is CC(C)CC(CCO)CNC(=O)CC(C)(C)C. The number of aliphatic hydroxyl groups is 1. The molecule has 1 amide bonds. The Morgan fingerprint density at radius 3 is 2.29 bits per heavy atom. The first-order chi connectivity index (χ1) is 7.74. The molecule has 17 heavy (non-hydrogen) atoms. The second-order valence-electron chi connectivity index (χ2n) is 6.55. The molecule has 0 saturated carbocycles. The summed E-state index contributed by atoms with van der Waals surface area (Å²) in [6, 6.07) is 0. The largest absolute Gasteiger partial charge is 0.396 e. The highest BCUT2D eigenvalue weighted by Gasteiger charge is 2.17. The lowest BCUT2D eigenvalue weighted by Gasteiger charge is -2.21. The van der Waals surface area contributed by atoms with Crippen LogP contribution < -0.4 is 5.32 Å². The van der Waals surface area contributed by atoms with Crippen LogP contribution in [0.3, 0.4) is 0 Å². The molecule has 0 aliphatic heterocycles. The van der Waals surface area contributed by atoms with E-state index in [0.29, 0.717) is 24.8 Å². The zero-order valence-corrected chi connectivity index (χ0v) is 12.0. The van der Waals surface area contributed by atoms with Gasteiger partial charge in [0.2, 0.25) is 5.91 Å². The normalized spacial score (nSPS) is 13.8. The van der Waals surface area contributed by atoms with E-state index >= 15 is 0 Å². The van der Waals surface area contributed by atoms with Crippen LogP contribution in [0.4, 0.5) is 0 Å². The monoisotopic (exact) mass is 243 g/mol. The molecular formula is C14H29NO2. The smallest absolute Gasteiger partial charge is 0.220 e. The van der Waals surface area contributed by atoms with Gasteiger partial charge in [-0.05, 0) is 30.1 Å². The molecule has 0 aliphatic rings. The molecule has 0 heterocycles. The van der Waals surface area contributed by atoms with Gasteiger partial charge in [-0.1, -0.05) is 34.6 Å². The molecule has 0 radical (unpaired) electrons. The minimum Gasteiger partial charge on any atom is -0.396 e. The highest BCUT2D eigenvalue weighted by atomic mass is 16.3. The van der Waals surface area contributed by atoms with E-state index in [-0.39, 0.29) is 17.9 Å². The lowest BCUT2D eigenvalue weighted by molar-refractivity contribution is -0.123. The van der Waals surface area contributed by atoms with Crippen LogP contribution in [0.5, 0.6) is 0 Å². The molecule has 2 N–H and O–H groups in total. The highest BCUT2D eigenvalue weighted by molar-refractivity contribution is 5.76. The Morgan fingerprint density at radius 2 is 1.88 bits per heavy atom. The first-order valence-corrected chi connectivity index (χ1v) is 6.62. The number of hydrogen-bond donors (Lipinski definition) is 2. The molecule has 3 nitrogen and oxygen atoms in total. The van der Waals surface area contributed by atoms with Crippen LogP contribution >= 0.6 is 0 Å². The van der Waals surface area contributed by atoms with E-state index in [2.05, 4.69) is 39.9 Å². The fraction of sp³-hybridized carbons (Fsp3) is 0.929. The van der Waals surface area contributed by atoms with Gasteiger partial charge in [0.25, 0.3) is 0 Å². The summed E-state index contributed by atoms with van der Waals surface area (Å²) in [5, 5.41) is 12.0. The van der Waals surface area contributed by atoms with Gasteiger partial charge in [-0.25, -0.2) is 0 Å². The van der Waals surface area contributed by atoms with Crippen molar-refractivity contribution >= 4 is 5.91 Å². The van der Waals surface area contributed by atoms with Crippen molar-refractivity contribution in [1.29, 1.82) is 0 Å². The third-order valence-electron chi connectivity index (χ3n) is 2.62. The zero-order chi connectivity index (χ0) is 13.5. The number of carbonyl (C=O) groups is 1. The minimum absolute atomic E-state index is 0.0363. The van der Waals surface area contributed by atoms with Gasteiger partial charge in [-0.3, -0.25) is 4.79 Å². The Labute approximate surface area is 106 Å². The number of hydrogen-bond acceptors (Lipinski definition) is 2. The lowest BCUT2D eigenvalue weighted by Crippen LogP contribution is -2.32. The third kappa shape index (κ3) is 10.3. The maximum atomic E-state index is 11.7. The summed E-state index contributed by atoms with van der Waals surface area (Å²) >= 11 is 0. The van der Waals surface area contributed by atoms with Gasteiger partial charge in [-0.15, -0.1) is 0 Å². The van der Waals surface area contributed by atoms with Gasteiger partial charge in [-0.2, -0.15) is 0 Å². The van der Waals surface area contributed by atoms with Crippen LogP contribution in [0.25, 0.3) is 0 Å². The topological polar surface area (TPSA) is 49.3 Å². The van der Waals surface area contributed by atoms with E-state index in [4.69, 9.17) is 5.11 Å². The Kier molecular flexibility index (Phi) is 7.44. The Bertz CT molecular complexity index is 219. The predicted octanol–water partition coefficient (Wildman–Crippen LogP) is 2.58. The summed E-state index contributed by atoms with van der Waals surface area (Å²) in [5.74, 6) is 1.11. The molecule has 1 unspecified atom stereocenters. The fourth-order valence-electron chi connectivity index (χ4n) is 1.95. The first-order valence-electron chi connectivity index (χ1n) is 6.62. The molecule has 0 aromatic rings. The van der Waals surface area contributed by atoms with Gasteiger partial charge in [0, 0.05) is 19.6 Å². The van der Waals surface area contributed by atoms with E-state index in [1.54, 1.807) is 0 Å². The van der Waals surface area contributed by atoms with Gasteiger partial charge >= 0.3 is 0 Å².